The largest absolute Gasteiger partial charge is 0.486 e. The number of esters is 1. The van der Waals surface area contributed by atoms with Gasteiger partial charge >= 0.3 is 5.97 Å². The van der Waals surface area contributed by atoms with Crippen LogP contribution in [0, 0.1) is 0 Å². The Kier molecular flexibility index (Phi) is 6.38. The van der Waals surface area contributed by atoms with Gasteiger partial charge in [0, 0.05) is 16.5 Å². The highest BCUT2D eigenvalue weighted by molar-refractivity contribution is 7.98. The van der Waals surface area contributed by atoms with Crippen LogP contribution in [0.2, 0.25) is 5.02 Å². The van der Waals surface area contributed by atoms with Crippen molar-refractivity contribution in [2.75, 3.05) is 25.1 Å². The van der Waals surface area contributed by atoms with Crippen molar-refractivity contribution in [3.63, 3.8) is 0 Å². The first kappa shape index (κ1) is 22.6. The molecular formula is C24H23ClN4O4S. The highest BCUT2D eigenvalue weighted by Gasteiger charge is 2.36. The van der Waals surface area contributed by atoms with E-state index in [9.17, 15) is 4.79 Å². The number of fused-ring (bicyclic) bond motifs is 2. The lowest BCUT2D eigenvalue weighted by Crippen LogP contribution is -2.29. The number of carbonyl (C=O) groups is 1. The number of rotatable bonds is 6. The van der Waals surface area contributed by atoms with Crippen LogP contribution in [0.25, 0.3) is 0 Å². The number of hydrogen-bond donors (Lipinski definition) is 1. The SMILES string of the molecule is CCOC(=O)C1=C(C)Nc2nc(SCc3ccc(Cl)cc3)nn2C1c1ccc2c(c1)OCCO2. The summed E-state index contributed by atoms with van der Waals surface area (Å²) >= 11 is 7.50. The Bertz CT molecular complexity index is 1260. The first-order valence-corrected chi connectivity index (χ1v) is 12.3. The lowest BCUT2D eigenvalue weighted by Gasteiger charge is -2.29. The van der Waals surface area contributed by atoms with Crippen LogP contribution in [-0.2, 0) is 15.3 Å². The molecule has 0 fully saturated rings. The van der Waals surface area contributed by atoms with Crippen LogP contribution in [0.5, 0.6) is 11.5 Å². The highest BCUT2D eigenvalue weighted by Crippen LogP contribution is 2.40. The van der Waals surface area contributed by atoms with E-state index < -0.39 is 12.0 Å². The zero-order valence-corrected chi connectivity index (χ0v) is 20.3. The van der Waals surface area contributed by atoms with Crippen LogP contribution in [-0.4, -0.2) is 40.6 Å². The fourth-order valence-electron chi connectivity index (χ4n) is 3.93. The number of allylic oxidation sites excluding steroid dienone is 1. The van der Waals surface area contributed by atoms with Crippen LogP contribution < -0.4 is 14.8 Å². The maximum absolute atomic E-state index is 13.0. The molecule has 0 saturated carbocycles. The van der Waals surface area contributed by atoms with Crippen molar-refractivity contribution in [1.82, 2.24) is 14.8 Å². The van der Waals surface area contributed by atoms with Gasteiger partial charge in [0.15, 0.2) is 11.5 Å². The molecule has 1 atom stereocenters. The normalized spacial score (nSPS) is 16.6. The molecule has 2 aliphatic rings. The molecule has 1 aromatic heterocycles. The van der Waals surface area contributed by atoms with Crippen LogP contribution in [0.1, 0.15) is 31.0 Å². The van der Waals surface area contributed by atoms with Crippen molar-refractivity contribution in [2.24, 2.45) is 0 Å². The molecule has 2 aromatic carbocycles. The third kappa shape index (κ3) is 4.45. The first-order chi connectivity index (χ1) is 16.5. The first-order valence-electron chi connectivity index (χ1n) is 10.9. The lowest BCUT2D eigenvalue weighted by atomic mass is 9.95. The number of nitrogens with zero attached hydrogens (tertiary/aromatic N) is 3. The average molecular weight is 499 g/mol. The van der Waals surface area contributed by atoms with E-state index >= 15 is 0 Å². The summed E-state index contributed by atoms with van der Waals surface area (Å²) in [5, 5.41) is 9.26. The van der Waals surface area contributed by atoms with Gasteiger partial charge in [-0.3, -0.25) is 0 Å². The molecule has 176 valence electrons. The minimum Gasteiger partial charge on any atom is -0.486 e. The van der Waals surface area contributed by atoms with E-state index in [4.69, 9.17) is 30.9 Å². The molecule has 0 radical (unpaired) electrons. The molecule has 2 aliphatic heterocycles. The van der Waals surface area contributed by atoms with E-state index in [0.29, 0.717) is 57.9 Å². The van der Waals surface area contributed by atoms with Crippen LogP contribution in [0.3, 0.4) is 0 Å². The number of aromatic nitrogens is 3. The summed E-state index contributed by atoms with van der Waals surface area (Å²) in [6.45, 7) is 4.89. The maximum Gasteiger partial charge on any atom is 0.338 e. The number of thioether (sulfide) groups is 1. The van der Waals surface area contributed by atoms with E-state index in [0.717, 1.165) is 11.1 Å². The molecule has 34 heavy (non-hydrogen) atoms. The Morgan fingerprint density at radius 3 is 2.74 bits per heavy atom. The number of nitrogens with one attached hydrogen (secondary N) is 1. The predicted molar refractivity (Wildman–Crippen MR) is 130 cm³/mol. The van der Waals surface area contributed by atoms with E-state index in [-0.39, 0.29) is 6.61 Å². The highest BCUT2D eigenvalue weighted by atomic mass is 35.5. The molecule has 0 amide bonds. The lowest BCUT2D eigenvalue weighted by molar-refractivity contribution is -0.139. The van der Waals surface area contributed by atoms with Crippen molar-refractivity contribution < 1.29 is 19.0 Å². The summed E-state index contributed by atoms with van der Waals surface area (Å²) in [7, 11) is 0. The number of benzene rings is 2. The number of anilines is 1. The Labute approximate surface area is 206 Å². The fourth-order valence-corrected chi connectivity index (χ4v) is 4.84. The predicted octanol–water partition coefficient (Wildman–Crippen LogP) is 4.85. The molecule has 0 spiro atoms. The monoisotopic (exact) mass is 498 g/mol. The molecular weight excluding hydrogens is 476 g/mol. The van der Waals surface area contributed by atoms with Gasteiger partial charge in [-0.1, -0.05) is 41.6 Å². The van der Waals surface area contributed by atoms with Gasteiger partial charge in [0.1, 0.15) is 19.3 Å². The Hall–Kier alpha value is -3.17. The molecule has 8 nitrogen and oxygen atoms in total. The van der Waals surface area contributed by atoms with Crippen molar-refractivity contribution >= 4 is 35.3 Å². The zero-order valence-electron chi connectivity index (χ0n) is 18.7. The van der Waals surface area contributed by atoms with E-state index in [1.807, 2.05) is 49.4 Å². The molecule has 3 aromatic rings. The van der Waals surface area contributed by atoms with Gasteiger partial charge in [-0.2, -0.15) is 4.98 Å². The molecule has 1 unspecified atom stereocenters. The topological polar surface area (TPSA) is 87.5 Å². The second-order valence-electron chi connectivity index (χ2n) is 7.77. The molecule has 10 heteroatoms. The fraction of sp³-hybridized carbons (Fsp3) is 0.292. The molecule has 5 rings (SSSR count). The third-order valence-corrected chi connectivity index (χ3v) is 6.65. The van der Waals surface area contributed by atoms with Gasteiger partial charge in [-0.15, -0.1) is 5.10 Å². The Morgan fingerprint density at radius 1 is 1.21 bits per heavy atom. The van der Waals surface area contributed by atoms with E-state index in [1.54, 1.807) is 11.6 Å². The van der Waals surface area contributed by atoms with E-state index in [1.165, 1.54) is 11.8 Å². The number of hydrogen-bond acceptors (Lipinski definition) is 8. The smallest absolute Gasteiger partial charge is 0.338 e. The molecule has 1 N–H and O–H groups in total. The van der Waals surface area contributed by atoms with Gasteiger partial charge in [-0.05, 0) is 49.2 Å². The second kappa shape index (κ2) is 9.60. The Balaban J connectivity index is 1.50. The van der Waals surface area contributed by atoms with Crippen molar-refractivity contribution in [2.45, 2.75) is 30.8 Å². The van der Waals surface area contributed by atoms with Gasteiger partial charge in [0.25, 0.3) is 0 Å². The van der Waals surface area contributed by atoms with Crippen LogP contribution in [0.15, 0.2) is 58.9 Å². The zero-order chi connectivity index (χ0) is 23.7. The standard InChI is InChI=1S/C24H23ClN4O4S/c1-3-31-22(30)20-14(2)26-23-27-24(34-13-15-4-7-17(25)8-5-15)28-29(23)21(20)16-6-9-18-19(12-16)33-11-10-32-18/h4-9,12,21H,3,10-11,13H2,1-2H3,(H,26,27,28). The summed E-state index contributed by atoms with van der Waals surface area (Å²) in [6, 6.07) is 12.8. The second-order valence-corrected chi connectivity index (χ2v) is 9.15. The number of ether oxygens (including phenoxy) is 3. The summed E-state index contributed by atoms with van der Waals surface area (Å²) in [6.07, 6.45) is 0. The van der Waals surface area contributed by atoms with Gasteiger partial charge < -0.3 is 19.5 Å². The summed E-state index contributed by atoms with van der Waals surface area (Å²) in [5.74, 6) is 2.17. The molecule has 0 bridgehead atoms. The van der Waals surface area contributed by atoms with Gasteiger partial charge in [-0.25, -0.2) is 9.48 Å². The maximum atomic E-state index is 13.0. The number of carbonyl (C=O) groups excluding carboxylic acids is 1. The third-order valence-electron chi connectivity index (χ3n) is 5.49. The van der Waals surface area contributed by atoms with Crippen LogP contribution in [0.4, 0.5) is 5.95 Å². The quantitative estimate of drug-likeness (QED) is 0.381. The van der Waals surface area contributed by atoms with Crippen molar-refractivity contribution in [3.05, 3.63) is 69.9 Å². The minimum atomic E-state index is -0.525. The van der Waals surface area contributed by atoms with Crippen LogP contribution >= 0.6 is 23.4 Å². The van der Waals surface area contributed by atoms with Gasteiger partial charge in [0.2, 0.25) is 11.1 Å². The summed E-state index contributed by atoms with van der Waals surface area (Å²) in [5.41, 5.74) is 3.09. The summed E-state index contributed by atoms with van der Waals surface area (Å²) < 4.78 is 18.6. The Morgan fingerprint density at radius 2 is 1.97 bits per heavy atom. The van der Waals surface area contributed by atoms with Crippen molar-refractivity contribution in [3.8, 4) is 11.5 Å². The molecule has 0 aliphatic carbocycles. The average Bonchev–Trinajstić information content (AvgIpc) is 3.25. The van der Waals surface area contributed by atoms with E-state index in [2.05, 4.69) is 10.3 Å². The minimum absolute atomic E-state index is 0.274. The summed E-state index contributed by atoms with van der Waals surface area (Å²) in [4.78, 5) is 17.7. The van der Waals surface area contributed by atoms with Crippen molar-refractivity contribution in [1.29, 1.82) is 0 Å². The molecule has 0 saturated heterocycles. The van der Waals surface area contributed by atoms with Gasteiger partial charge in [0.05, 0.1) is 12.2 Å². The molecule has 3 heterocycles. The number of halogens is 1.